The highest BCUT2D eigenvalue weighted by Gasteiger charge is 2.12. The SMILES string of the molecule is COCCN(CCO)C(=O)CCn1ccnc1. The van der Waals surface area contributed by atoms with E-state index in [1.807, 2.05) is 10.8 Å². The number of methoxy groups -OCH3 is 1. The average Bonchev–Trinajstić information content (AvgIpc) is 2.84. The highest BCUT2D eigenvalue weighted by molar-refractivity contribution is 5.76. The molecule has 1 aromatic rings. The van der Waals surface area contributed by atoms with Gasteiger partial charge in [0.05, 0.1) is 19.5 Å². The molecule has 1 amide bonds. The molecule has 0 saturated carbocycles. The maximum atomic E-state index is 11.9. The van der Waals surface area contributed by atoms with Gasteiger partial charge in [-0.1, -0.05) is 0 Å². The van der Waals surface area contributed by atoms with Crippen LogP contribution in [0.2, 0.25) is 0 Å². The van der Waals surface area contributed by atoms with Gasteiger partial charge in [-0.2, -0.15) is 0 Å². The zero-order chi connectivity index (χ0) is 12.5. The lowest BCUT2D eigenvalue weighted by Crippen LogP contribution is -2.36. The molecule has 0 aliphatic carbocycles. The lowest BCUT2D eigenvalue weighted by Gasteiger charge is -2.21. The molecule has 6 nitrogen and oxygen atoms in total. The fraction of sp³-hybridized carbons (Fsp3) is 0.636. The predicted molar refractivity (Wildman–Crippen MR) is 62.4 cm³/mol. The summed E-state index contributed by atoms with van der Waals surface area (Å²) in [7, 11) is 1.59. The van der Waals surface area contributed by atoms with E-state index >= 15 is 0 Å². The third kappa shape index (κ3) is 4.97. The molecule has 0 fully saturated rings. The summed E-state index contributed by atoms with van der Waals surface area (Å²) in [5.74, 6) is 0.0183. The highest BCUT2D eigenvalue weighted by atomic mass is 16.5. The first-order chi connectivity index (χ1) is 8.27. The standard InChI is InChI=1S/C11H19N3O3/c1-17-9-7-14(6-8-15)11(16)2-4-13-5-3-12-10-13/h3,5,10,15H,2,4,6-9H2,1H3. The third-order valence-corrected chi connectivity index (χ3v) is 2.43. The molecule has 1 N–H and O–H groups in total. The van der Waals surface area contributed by atoms with Gasteiger partial charge in [0, 0.05) is 45.6 Å². The smallest absolute Gasteiger partial charge is 0.224 e. The second-order valence-corrected chi connectivity index (χ2v) is 3.65. The number of aryl methyl sites for hydroxylation is 1. The number of aromatic nitrogens is 2. The molecule has 0 aliphatic rings. The molecule has 0 aliphatic heterocycles. The number of rotatable bonds is 8. The van der Waals surface area contributed by atoms with Crippen molar-refractivity contribution in [1.29, 1.82) is 0 Å². The molecule has 96 valence electrons. The van der Waals surface area contributed by atoms with Crippen LogP contribution in [0.5, 0.6) is 0 Å². The number of aliphatic hydroxyl groups is 1. The molecule has 6 heteroatoms. The summed E-state index contributed by atoms with van der Waals surface area (Å²) in [6.07, 6.45) is 5.58. The number of carbonyl (C=O) groups excluding carboxylic acids is 1. The van der Waals surface area contributed by atoms with Crippen LogP contribution >= 0.6 is 0 Å². The molecule has 1 aromatic heterocycles. The van der Waals surface area contributed by atoms with Crippen molar-refractivity contribution < 1.29 is 14.6 Å². The number of nitrogens with zero attached hydrogens (tertiary/aromatic N) is 3. The summed E-state index contributed by atoms with van der Waals surface area (Å²) >= 11 is 0. The van der Waals surface area contributed by atoms with Crippen molar-refractivity contribution in [3.8, 4) is 0 Å². The zero-order valence-electron chi connectivity index (χ0n) is 10.1. The van der Waals surface area contributed by atoms with Crippen molar-refractivity contribution in [3.05, 3.63) is 18.7 Å². The monoisotopic (exact) mass is 241 g/mol. The Morgan fingerprint density at radius 1 is 1.53 bits per heavy atom. The van der Waals surface area contributed by atoms with E-state index in [4.69, 9.17) is 9.84 Å². The molecule has 0 unspecified atom stereocenters. The van der Waals surface area contributed by atoms with Crippen LogP contribution < -0.4 is 0 Å². The van der Waals surface area contributed by atoms with Gasteiger partial charge >= 0.3 is 0 Å². The second-order valence-electron chi connectivity index (χ2n) is 3.65. The van der Waals surface area contributed by atoms with Crippen LogP contribution in [-0.4, -0.2) is 58.9 Å². The van der Waals surface area contributed by atoms with Crippen LogP contribution in [-0.2, 0) is 16.1 Å². The molecule has 0 radical (unpaired) electrons. The Labute approximate surface area is 101 Å². The third-order valence-electron chi connectivity index (χ3n) is 2.43. The van der Waals surface area contributed by atoms with Gasteiger partial charge in [-0.15, -0.1) is 0 Å². The number of hydrogen-bond acceptors (Lipinski definition) is 4. The van der Waals surface area contributed by atoms with E-state index in [1.165, 1.54) is 0 Å². The Morgan fingerprint density at radius 3 is 2.94 bits per heavy atom. The topological polar surface area (TPSA) is 67.6 Å². The van der Waals surface area contributed by atoms with E-state index in [0.29, 0.717) is 32.7 Å². The van der Waals surface area contributed by atoms with Gasteiger partial charge in [0.15, 0.2) is 0 Å². The molecule has 0 spiro atoms. The van der Waals surface area contributed by atoms with Crippen molar-refractivity contribution in [2.45, 2.75) is 13.0 Å². The second kappa shape index (κ2) is 7.81. The number of ether oxygens (including phenoxy) is 1. The molecule has 0 atom stereocenters. The van der Waals surface area contributed by atoms with E-state index in [0.717, 1.165) is 0 Å². The largest absolute Gasteiger partial charge is 0.395 e. The Morgan fingerprint density at radius 2 is 2.35 bits per heavy atom. The Balaban J connectivity index is 2.35. The van der Waals surface area contributed by atoms with Crippen molar-refractivity contribution >= 4 is 5.91 Å². The maximum Gasteiger partial charge on any atom is 0.224 e. The molecular weight excluding hydrogens is 222 g/mol. The minimum Gasteiger partial charge on any atom is -0.395 e. The van der Waals surface area contributed by atoms with Gasteiger partial charge in [-0.05, 0) is 0 Å². The molecule has 0 saturated heterocycles. The first kappa shape index (κ1) is 13.7. The molecule has 0 bridgehead atoms. The van der Waals surface area contributed by atoms with Gasteiger partial charge in [0.2, 0.25) is 5.91 Å². The summed E-state index contributed by atoms with van der Waals surface area (Å²) in [5, 5.41) is 8.89. The minimum absolute atomic E-state index is 0.0183. The molecule has 1 heterocycles. The van der Waals surface area contributed by atoms with E-state index in [9.17, 15) is 4.79 Å². The Hall–Kier alpha value is -1.40. The number of amides is 1. The van der Waals surface area contributed by atoms with Crippen LogP contribution in [0.15, 0.2) is 18.7 Å². The van der Waals surface area contributed by atoms with Crippen molar-refractivity contribution in [2.75, 3.05) is 33.4 Å². The fourth-order valence-electron chi connectivity index (χ4n) is 1.49. The van der Waals surface area contributed by atoms with Crippen molar-refractivity contribution in [3.63, 3.8) is 0 Å². The zero-order valence-corrected chi connectivity index (χ0v) is 10.1. The highest BCUT2D eigenvalue weighted by Crippen LogP contribution is 1.98. The first-order valence-corrected chi connectivity index (χ1v) is 5.61. The van der Waals surface area contributed by atoms with Crippen molar-refractivity contribution in [2.24, 2.45) is 0 Å². The normalized spacial score (nSPS) is 10.5. The van der Waals surface area contributed by atoms with Gasteiger partial charge in [-0.3, -0.25) is 4.79 Å². The number of hydrogen-bond donors (Lipinski definition) is 1. The van der Waals surface area contributed by atoms with E-state index in [-0.39, 0.29) is 12.5 Å². The van der Waals surface area contributed by atoms with Crippen LogP contribution in [0, 0.1) is 0 Å². The Bertz CT molecular complexity index is 314. The van der Waals surface area contributed by atoms with Crippen LogP contribution in [0.25, 0.3) is 0 Å². The summed E-state index contributed by atoms with van der Waals surface area (Å²) in [6, 6.07) is 0. The van der Waals surface area contributed by atoms with Crippen molar-refractivity contribution in [1.82, 2.24) is 14.5 Å². The number of carbonyl (C=O) groups is 1. The van der Waals surface area contributed by atoms with E-state index in [2.05, 4.69) is 4.98 Å². The average molecular weight is 241 g/mol. The molecule has 0 aromatic carbocycles. The van der Waals surface area contributed by atoms with E-state index in [1.54, 1.807) is 24.5 Å². The van der Waals surface area contributed by atoms with E-state index < -0.39 is 0 Å². The molecular formula is C11H19N3O3. The summed E-state index contributed by atoms with van der Waals surface area (Å²) in [4.78, 5) is 17.4. The Kier molecular flexibility index (Phi) is 6.27. The van der Waals surface area contributed by atoms with Gasteiger partial charge in [0.1, 0.15) is 0 Å². The quantitative estimate of drug-likeness (QED) is 0.681. The molecule has 17 heavy (non-hydrogen) atoms. The predicted octanol–water partition coefficient (Wildman–Crippen LogP) is -0.259. The maximum absolute atomic E-state index is 11.9. The van der Waals surface area contributed by atoms with Gasteiger partial charge in [0.25, 0.3) is 0 Å². The van der Waals surface area contributed by atoms with Gasteiger partial charge in [-0.25, -0.2) is 4.98 Å². The summed E-state index contributed by atoms with van der Waals surface area (Å²) in [5.41, 5.74) is 0. The molecule has 1 rings (SSSR count). The van der Waals surface area contributed by atoms with Crippen LogP contribution in [0.4, 0.5) is 0 Å². The number of imidazole rings is 1. The lowest BCUT2D eigenvalue weighted by molar-refractivity contribution is -0.132. The lowest BCUT2D eigenvalue weighted by atomic mass is 10.3. The summed E-state index contributed by atoms with van der Waals surface area (Å²) in [6.45, 7) is 1.93. The minimum atomic E-state index is -0.0273. The fourth-order valence-corrected chi connectivity index (χ4v) is 1.49. The summed E-state index contributed by atoms with van der Waals surface area (Å²) < 4.78 is 6.78. The number of aliphatic hydroxyl groups excluding tert-OH is 1. The van der Waals surface area contributed by atoms with Crippen LogP contribution in [0.1, 0.15) is 6.42 Å². The first-order valence-electron chi connectivity index (χ1n) is 5.61. The van der Waals surface area contributed by atoms with Gasteiger partial charge < -0.3 is 19.3 Å². The van der Waals surface area contributed by atoms with Crippen LogP contribution in [0.3, 0.4) is 0 Å².